The molecule has 0 aliphatic carbocycles. The van der Waals surface area contributed by atoms with E-state index in [-0.39, 0.29) is 38.2 Å². The molecule has 1 amide bonds. The molecule has 0 bridgehead atoms. The fraction of sp³-hybridized carbons (Fsp3) is 0.846. The molecule has 0 atom stereocenters. The van der Waals surface area contributed by atoms with Gasteiger partial charge in [-0.15, -0.1) is 9.48 Å². The van der Waals surface area contributed by atoms with Crippen LogP contribution in [0.25, 0.3) is 0 Å². The molecule has 0 radical (unpaired) electrons. The Labute approximate surface area is 143 Å². The average molecular weight is 387 g/mol. The first-order valence-electron chi connectivity index (χ1n) is 7.84. The van der Waals surface area contributed by atoms with Gasteiger partial charge in [0.2, 0.25) is 15.9 Å². The van der Waals surface area contributed by atoms with Crippen molar-refractivity contribution in [3.05, 3.63) is 0 Å². The molecule has 0 aromatic carbocycles. The number of hydrazine groups is 1. The first-order chi connectivity index (χ1) is 11.5. The van der Waals surface area contributed by atoms with Crippen molar-refractivity contribution in [3.8, 4) is 0 Å². The molecule has 0 N–H and O–H groups in total. The predicted molar refractivity (Wildman–Crippen MR) is 78.9 cm³/mol. The molecule has 0 aromatic heterocycles. The van der Waals surface area contributed by atoms with Crippen LogP contribution in [0.4, 0.5) is 13.2 Å². The Morgan fingerprint density at radius 2 is 1.72 bits per heavy atom. The summed E-state index contributed by atoms with van der Waals surface area (Å²) in [7, 11) is -2.14. The number of amides is 1. The van der Waals surface area contributed by atoms with Gasteiger partial charge in [0, 0.05) is 32.6 Å². The van der Waals surface area contributed by atoms with Gasteiger partial charge < -0.3 is 4.84 Å². The molecule has 8 nitrogen and oxygen atoms in total. The third-order valence-electron chi connectivity index (χ3n) is 4.22. The molecular weight excluding hydrogens is 367 g/mol. The Hall–Kier alpha value is -1.40. The van der Waals surface area contributed by atoms with Gasteiger partial charge in [0.1, 0.15) is 0 Å². The minimum atomic E-state index is -5.07. The Kier molecular flexibility index (Phi) is 5.94. The van der Waals surface area contributed by atoms with Gasteiger partial charge in [0.05, 0.1) is 5.75 Å². The van der Waals surface area contributed by atoms with E-state index in [1.165, 1.54) is 7.05 Å². The summed E-state index contributed by atoms with van der Waals surface area (Å²) in [5.41, 5.74) is 0. The van der Waals surface area contributed by atoms with Crippen molar-refractivity contribution in [1.29, 1.82) is 0 Å². The lowest BCUT2D eigenvalue weighted by atomic mass is 9.97. The van der Waals surface area contributed by atoms with Crippen LogP contribution in [0.2, 0.25) is 0 Å². The summed E-state index contributed by atoms with van der Waals surface area (Å²) >= 11 is 0. The summed E-state index contributed by atoms with van der Waals surface area (Å²) < 4.78 is 61.6. The maximum absolute atomic E-state index is 12.5. The number of hydroxylamine groups is 2. The number of halogens is 3. The zero-order valence-corrected chi connectivity index (χ0v) is 14.5. The number of sulfonamides is 1. The van der Waals surface area contributed by atoms with Gasteiger partial charge >= 0.3 is 12.1 Å². The van der Waals surface area contributed by atoms with Crippen molar-refractivity contribution in [2.75, 3.05) is 32.4 Å². The maximum atomic E-state index is 12.5. The highest BCUT2D eigenvalue weighted by atomic mass is 32.2. The second-order valence-electron chi connectivity index (χ2n) is 6.01. The number of nitrogens with zero attached hydrogens (tertiary/aromatic N) is 3. The van der Waals surface area contributed by atoms with Crippen molar-refractivity contribution in [2.45, 2.75) is 31.9 Å². The first kappa shape index (κ1) is 19.9. The monoisotopic (exact) mass is 387 g/mol. The number of carbonyl (C=O) groups excluding carboxylic acids is 2. The molecule has 2 rings (SSSR count). The zero-order valence-electron chi connectivity index (χ0n) is 13.7. The molecule has 2 fully saturated rings. The highest BCUT2D eigenvalue weighted by Crippen LogP contribution is 2.24. The first-order valence-corrected chi connectivity index (χ1v) is 9.45. The van der Waals surface area contributed by atoms with Crippen LogP contribution in [-0.2, 0) is 24.4 Å². The molecule has 2 aliphatic heterocycles. The van der Waals surface area contributed by atoms with Crippen LogP contribution in [0.5, 0.6) is 0 Å². The molecule has 2 heterocycles. The number of hydrogen-bond donors (Lipinski definition) is 0. The zero-order chi connectivity index (χ0) is 18.8. The third kappa shape index (κ3) is 4.82. The van der Waals surface area contributed by atoms with Crippen LogP contribution < -0.4 is 0 Å². The summed E-state index contributed by atoms with van der Waals surface area (Å²) in [4.78, 5) is 27.5. The maximum Gasteiger partial charge on any atom is 0.492 e. The molecule has 144 valence electrons. The second-order valence-corrected chi connectivity index (χ2v) is 8.00. The molecule has 12 heteroatoms. The SMILES string of the molecule is CN(C(=O)C1CCN(OC(=O)C(F)(F)F)CC1)N1CCCCS1(=O)=O. The third-order valence-corrected chi connectivity index (χ3v) is 6.10. The molecule has 2 aliphatic rings. The Morgan fingerprint density at radius 3 is 2.24 bits per heavy atom. The molecule has 0 aromatic rings. The van der Waals surface area contributed by atoms with Gasteiger partial charge in [-0.3, -0.25) is 9.80 Å². The second kappa shape index (κ2) is 7.46. The number of rotatable bonds is 3. The number of carbonyl (C=O) groups is 2. The Balaban J connectivity index is 1.89. The van der Waals surface area contributed by atoms with E-state index < -0.39 is 34.0 Å². The minimum Gasteiger partial charge on any atom is -0.361 e. The minimum absolute atomic E-state index is 0.0174. The van der Waals surface area contributed by atoms with Gasteiger partial charge in [0.15, 0.2) is 0 Å². The van der Waals surface area contributed by atoms with Crippen molar-refractivity contribution in [3.63, 3.8) is 0 Å². The summed E-state index contributed by atoms with van der Waals surface area (Å²) in [5.74, 6) is -3.26. The lowest BCUT2D eigenvalue weighted by Crippen LogP contribution is -2.53. The van der Waals surface area contributed by atoms with Crippen LogP contribution >= 0.6 is 0 Å². The van der Waals surface area contributed by atoms with Crippen molar-refractivity contribution in [2.24, 2.45) is 5.92 Å². The van der Waals surface area contributed by atoms with Gasteiger partial charge in [0.25, 0.3) is 0 Å². The summed E-state index contributed by atoms with van der Waals surface area (Å²) in [6, 6.07) is 0. The molecule has 25 heavy (non-hydrogen) atoms. The van der Waals surface area contributed by atoms with Gasteiger partial charge in [-0.25, -0.2) is 13.2 Å². The summed E-state index contributed by atoms with van der Waals surface area (Å²) in [6.45, 7) is 0.171. The number of piperidine rings is 1. The Morgan fingerprint density at radius 1 is 1.12 bits per heavy atom. The van der Waals surface area contributed by atoms with Crippen LogP contribution in [0, 0.1) is 5.92 Å². The normalized spacial score (nSPS) is 23.2. The average Bonchev–Trinajstić information content (AvgIpc) is 2.53. The molecule has 2 saturated heterocycles. The number of alkyl halides is 3. The smallest absolute Gasteiger partial charge is 0.361 e. The summed E-state index contributed by atoms with van der Waals surface area (Å²) in [6.07, 6.45) is -3.54. The van der Waals surface area contributed by atoms with Crippen LogP contribution in [0.1, 0.15) is 25.7 Å². The lowest BCUT2D eigenvalue weighted by molar-refractivity contribution is -0.242. The fourth-order valence-corrected chi connectivity index (χ4v) is 4.49. The molecule has 0 unspecified atom stereocenters. The van der Waals surface area contributed by atoms with Gasteiger partial charge in [-0.2, -0.15) is 13.2 Å². The van der Waals surface area contributed by atoms with E-state index in [0.29, 0.717) is 12.8 Å². The van der Waals surface area contributed by atoms with Gasteiger partial charge in [-0.1, -0.05) is 0 Å². The lowest BCUT2D eigenvalue weighted by Gasteiger charge is -2.37. The molecular formula is C13H20F3N3O5S. The van der Waals surface area contributed by atoms with E-state index in [1.54, 1.807) is 0 Å². The quantitative estimate of drug-likeness (QED) is 0.702. The van der Waals surface area contributed by atoms with E-state index in [4.69, 9.17) is 0 Å². The topological polar surface area (TPSA) is 87.2 Å². The van der Waals surface area contributed by atoms with Crippen LogP contribution in [0.3, 0.4) is 0 Å². The Bertz CT molecular complexity index is 617. The number of hydrogen-bond acceptors (Lipinski definition) is 6. The van der Waals surface area contributed by atoms with Crippen molar-refractivity contribution < 1.29 is 36.0 Å². The van der Waals surface area contributed by atoms with Crippen molar-refractivity contribution >= 4 is 21.9 Å². The summed E-state index contributed by atoms with van der Waals surface area (Å²) in [5, 5.41) is 1.95. The largest absolute Gasteiger partial charge is 0.492 e. The van der Waals surface area contributed by atoms with Crippen molar-refractivity contribution in [1.82, 2.24) is 14.5 Å². The van der Waals surface area contributed by atoms with Crippen LogP contribution in [-0.4, -0.2) is 73.4 Å². The van der Waals surface area contributed by atoms with Gasteiger partial charge in [-0.05, 0) is 25.7 Å². The van der Waals surface area contributed by atoms with E-state index in [9.17, 15) is 31.2 Å². The van der Waals surface area contributed by atoms with E-state index in [2.05, 4.69) is 4.84 Å². The highest BCUT2D eigenvalue weighted by Gasteiger charge is 2.43. The van der Waals surface area contributed by atoms with E-state index >= 15 is 0 Å². The van der Waals surface area contributed by atoms with E-state index in [0.717, 1.165) is 14.5 Å². The standard InChI is InChI=1S/C13H20F3N3O5S/c1-17(19-6-2-3-9-25(19,22)23)11(20)10-4-7-18(8-5-10)24-12(21)13(14,15)16/h10H,2-9H2,1H3. The molecule has 0 spiro atoms. The predicted octanol–water partition coefficient (Wildman–Crippen LogP) is 0.518. The van der Waals surface area contributed by atoms with Crippen LogP contribution in [0.15, 0.2) is 0 Å². The van der Waals surface area contributed by atoms with E-state index in [1.807, 2.05) is 0 Å². The molecule has 0 saturated carbocycles. The highest BCUT2D eigenvalue weighted by molar-refractivity contribution is 7.89. The fourth-order valence-electron chi connectivity index (χ4n) is 2.85.